The number of nitrogens with one attached hydrogen (secondary N) is 1. The quantitative estimate of drug-likeness (QED) is 0.431. The molecule has 0 aliphatic heterocycles. The van der Waals surface area contributed by atoms with Gasteiger partial charge in [0.25, 0.3) is 5.56 Å². The van der Waals surface area contributed by atoms with Gasteiger partial charge in [-0.15, -0.1) is 11.3 Å². The molecule has 7 nitrogen and oxygen atoms in total. The number of rotatable bonds is 7. The molecule has 0 saturated carbocycles. The molecule has 0 atom stereocenters. The van der Waals surface area contributed by atoms with Gasteiger partial charge in [0.05, 0.1) is 22.0 Å². The molecule has 10 heteroatoms. The van der Waals surface area contributed by atoms with E-state index in [2.05, 4.69) is 14.8 Å². The number of thiazole rings is 1. The summed E-state index contributed by atoms with van der Waals surface area (Å²) in [4.78, 5) is 17.7. The summed E-state index contributed by atoms with van der Waals surface area (Å²) in [6.07, 6.45) is 0. The lowest BCUT2D eigenvalue weighted by Crippen LogP contribution is -2.32. The van der Waals surface area contributed by atoms with Crippen LogP contribution in [0.3, 0.4) is 0 Å². The standard InChI is InChI=1S/C23H21FN4O3S2/c1-15-14-18(8-9-19(15)24)33(30,31)25-12-13-28-21(29)11-10-20(27-28)22-16(2)26-23(32-22)17-6-4-3-5-7-17/h3-11,14,25H,12-13H2,1-2H3. The lowest BCUT2D eigenvalue weighted by molar-refractivity contribution is 0.548. The minimum atomic E-state index is -3.85. The zero-order valence-electron chi connectivity index (χ0n) is 17.9. The average molecular weight is 485 g/mol. The maximum absolute atomic E-state index is 13.4. The van der Waals surface area contributed by atoms with Crippen LogP contribution in [0, 0.1) is 19.7 Å². The zero-order valence-corrected chi connectivity index (χ0v) is 19.6. The van der Waals surface area contributed by atoms with Gasteiger partial charge in [0.1, 0.15) is 16.5 Å². The Kier molecular flexibility index (Phi) is 6.50. The molecule has 1 N–H and O–H groups in total. The Bertz CT molecular complexity index is 1460. The molecular formula is C23H21FN4O3S2. The molecule has 0 radical (unpaired) electrons. The molecule has 4 rings (SSSR count). The number of aromatic nitrogens is 3. The predicted molar refractivity (Wildman–Crippen MR) is 126 cm³/mol. The van der Waals surface area contributed by atoms with E-state index in [1.54, 1.807) is 6.07 Å². The monoisotopic (exact) mass is 484 g/mol. The fourth-order valence-corrected chi connectivity index (χ4v) is 5.36. The van der Waals surface area contributed by atoms with Crippen molar-refractivity contribution in [1.82, 2.24) is 19.5 Å². The number of hydrogen-bond donors (Lipinski definition) is 1. The van der Waals surface area contributed by atoms with E-state index in [1.165, 1.54) is 41.1 Å². The van der Waals surface area contributed by atoms with Crippen LogP contribution in [0.15, 0.2) is 70.4 Å². The molecule has 2 aromatic carbocycles. The summed E-state index contributed by atoms with van der Waals surface area (Å²) in [6.45, 7) is 3.36. The van der Waals surface area contributed by atoms with Crippen molar-refractivity contribution in [2.45, 2.75) is 25.3 Å². The van der Waals surface area contributed by atoms with E-state index >= 15 is 0 Å². The zero-order chi connectivity index (χ0) is 23.6. The van der Waals surface area contributed by atoms with E-state index in [9.17, 15) is 17.6 Å². The first kappa shape index (κ1) is 23.0. The van der Waals surface area contributed by atoms with Crippen molar-refractivity contribution in [1.29, 1.82) is 0 Å². The van der Waals surface area contributed by atoms with Gasteiger partial charge in [-0.05, 0) is 43.7 Å². The van der Waals surface area contributed by atoms with Crippen LogP contribution in [-0.4, -0.2) is 29.7 Å². The fraction of sp³-hybridized carbons (Fsp3) is 0.174. The van der Waals surface area contributed by atoms with Crippen molar-refractivity contribution in [2.24, 2.45) is 0 Å². The molecule has 33 heavy (non-hydrogen) atoms. The van der Waals surface area contributed by atoms with Crippen LogP contribution in [0.4, 0.5) is 4.39 Å². The molecule has 0 unspecified atom stereocenters. The number of sulfonamides is 1. The molecule has 0 aliphatic rings. The van der Waals surface area contributed by atoms with Gasteiger partial charge in [0, 0.05) is 18.2 Å². The van der Waals surface area contributed by atoms with Gasteiger partial charge in [-0.25, -0.2) is 27.2 Å². The van der Waals surface area contributed by atoms with Crippen LogP contribution in [0.25, 0.3) is 21.1 Å². The summed E-state index contributed by atoms with van der Waals surface area (Å²) >= 11 is 1.48. The van der Waals surface area contributed by atoms with Gasteiger partial charge in [-0.3, -0.25) is 4.79 Å². The maximum atomic E-state index is 13.4. The Morgan fingerprint density at radius 2 is 1.82 bits per heavy atom. The van der Waals surface area contributed by atoms with Gasteiger partial charge in [0.15, 0.2) is 0 Å². The maximum Gasteiger partial charge on any atom is 0.266 e. The lowest BCUT2D eigenvalue weighted by atomic mass is 10.2. The largest absolute Gasteiger partial charge is 0.268 e. The number of aryl methyl sites for hydroxylation is 2. The molecule has 0 amide bonds. The van der Waals surface area contributed by atoms with Crippen molar-refractivity contribution in [2.75, 3.05) is 6.54 Å². The highest BCUT2D eigenvalue weighted by Crippen LogP contribution is 2.33. The normalized spacial score (nSPS) is 11.6. The van der Waals surface area contributed by atoms with Gasteiger partial charge in [-0.1, -0.05) is 30.3 Å². The van der Waals surface area contributed by atoms with E-state index < -0.39 is 15.8 Å². The summed E-state index contributed by atoms with van der Waals surface area (Å²) in [5, 5.41) is 5.27. The third kappa shape index (κ3) is 5.08. The van der Waals surface area contributed by atoms with Gasteiger partial charge in [-0.2, -0.15) is 5.10 Å². The second-order valence-electron chi connectivity index (χ2n) is 7.39. The molecule has 0 fully saturated rings. The summed E-state index contributed by atoms with van der Waals surface area (Å²) in [5.41, 5.74) is 2.27. The first-order valence-corrected chi connectivity index (χ1v) is 12.4. The minimum Gasteiger partial charge on any atom is -0.268 e. The van der Waals surface area contributed by atoms with E-state index in [1.807, 2.05) is 37.3 Å². The van der Waals surface area contributed by atoms with E-state index in [4.69, 9.17) is 0 Å². The van der Waals surface area contributed by atoms with Crippen LogP contribution in [0.5, 0.6) is 0 Å². The lowest BCUT2D eigenvalue weighted by Gasteiger charge is -2.09. The molecule has 2 heterocycles. The second-order valence-corrected chi connectivity index (χ2v) is 10.2. The van der Waals surface area contributed by atoms with Crippen LogP contribution < -0.4 is 10.3 Å². The first-order chi connectivity index (χ1) is 15.7. The smallest absolute Gasteiger partial charge is 0.266 e. The highest BCUT2D eigenvalue weighted by molar-refractivity contribution is 7.89. The third-order valence-corrected chi connectivity index (χ3v) is 7.66. The van der Waals surface area contributed by atoms with E-state index in [0.29, 0.717) is 5.69 Å². The molecule has 0 spiro atoms. The molecular weight excluding hydrogens is 463 g/mol. The molecule has 2 aromatic heterocycles. The molecule has 170 valence electrons. The van der Waals surface area contributed by atoms with Crippen LogP contribution in [0.2, 0.25) is 0 Å². The molecule has 0 aliphatic carbocycles. The summed E-state index contributed by atoms with van der Waals surface area (Å²) in [7, 11) is -3.85. The summed E-state index contributed by atoms with van der Waals surface area (Å²) in [5.74, 6) is -0.477. The highest BCUT2D eigenvalue weighted by Gasteiger charge is 2.16. The minimum absolute atomic E-state index is 0.0372. The van der Waals surface area contributed by atoms with E-state index in [0.717, 1.165) is 27.2 Å². The number of halogens is 1. The predicted octanol–water partition coefficient (Wildman–Crippen LogP) is 3.77. The Balaban J connectivity index is 1.52. The Morgan fingerprint density at radius 3 is 2.55 bits per heavy atom. The topological polar surface area (TPSA) is 93.9 Å². The summed E-state index contributed by atoms with van der Waals surface area (Å²) in [6, 6.07) is 16.4. The van der Waals surface area contributed by atoms with E-state index in [-0.39, 0.29) is 29.1 Å². The first-order valence-electron chi connectivity index (χ1n) is 10.1. The van der Waals surface area contributed by atoms with Gasteiger partial charge < -0.3 is 0 Å². The van der Waals surface area contributed by atoms with Crippen molar-refractivity contribution in [3.8, 4) is 21.1 Å². The number of nitrogens with zero attached hydrogens (tertiary/aromatic N) is 3. The fourth-order valence-electron chi connectivity index (χ4n) is 3.22. The molecule has 4 aromatic rings. The Hall–Kier alpha value is -3.21. The van der Waals surface area contributed by atoms with Gasteiger partial charge in [0.2, 0.25) is 10.0 Å². The molecule has 0 bridgehead atoms. The van der Waals surface area contributed by atoms with Crippen molar-refractivity contribution < 1.29 is 12.8 Å². The average Bonchev–Trinajstić information content (AvgIpc) is 3.19. The highest BCUT2D eigenvalue weighted by atomic mass is 32.2. The Labute approximate surface area is 194 Å². The molecule has 0 saturated heterocycles. The Morgan fingerprint density at radius 1 is 1.06 bits per heavy atom. The van der Waals surface area contributed by atoms with Gasteiger partial charge >= 0.3 is 0 Å². The van der Waals surface area contributed by atoms with Crippen molar-refractivity contribution >= 4 is 21.4 Å². The number of benzene rings is 2. The number of hydrogen-bond acceptors (Lipinski definition) is 6. The third-order valence-electron chi connectivity index (χ3n) is 4.97. The van der Waals surface area contributed by atoms with Crippen molar-refractivity contribution in [3.63, 3.8) is 0 Å². The van der Waals surface area contributed by atoms with Crippen LogP contribution in [0.1, 0.15) is 11.3 Å². The van der Waals surface area contributed by atoms with Crippen LogP contribution >= 0.6 is 11.3 Å². The summed E-state index contributed by atoms with van der Waals surface area (Å²) < 4.78 is 42.1. The van der Waals surface area contributed by atoms with Crippen LogP contribution in [-0.2, 0) is 16.6 Å². The van der Waals surface area contributed by atoms with Crippen molar-refractivity contribution in [3.05, 3.63) is 88.1 Å². The SMILES string of the molecule is Cc1cc(S(=O)(=O)NCCn2nc(-c3sc(-c4ccccc4)nc3C)ccc2=O)ccc1F. The second kappa shape index (κ2) is 9.34.